The van der Waals surface area contributed by atoms with E-state index in [9.17, 15) is 0 Å². The van der Waals surface area contributed by atoms with Crippen LogP contribution in [0.25, 0.3) is 64.3 Å². The molecule has 3 unspecified atom stereocenters. The molecule has 3 aliphatic carbocycles. The second-order valence-corrected chi connectivity index (χ2v) is 20.8. The Morgan fingerprint density at radius 2 is 1.34 bits per heavy atom. The fourth-order valence-electron chi connectivity index (χ4n) is 11.7. The van der Waals surface area contributed by atoms with Gasteiger partial charge in [0.25, 0.3) is 0 Å². The van der Waals surface area contributed by atoms with Gasteiger partial charge in [-0.25, -0.2) is 0 Å². The highest BCUT2D eigenvalue weighted by Gasteiger charge is 2.33. The second kappa shape index (κ2) is 14.6. The summed E-state index contributed by atoms with van der Waals surface area (Å²) in [4.78, 5) is 0. The molecule has 2 heterocycles. The molecule has 0 spiro atoms. The molecule has 12 rings (SSSR count). The van der Waals surface area contributed by atoms with Crippen LogP contribution >= 0.6 is 11.3 Å². The first kappa shape index (κ1) is 37.8. The molecule has 0 bridgehead atoms. The molecule has 0 radical (unpaired) electrons. The SMILES string of the molecule is CC(c1ccc2c(c1)c1ccccc1n2CC(C)(C)C)C1CC2=C(C=C(c3ccc4c(c3)-c3ccccc3C4CCc3ccc4sc5ccccc5c4c3)CC2)c2ccccc21. The Kier molecular flexibility index (Phi) is 8.88. The Morgan fingerprint density at radius 3 is 2.21 bits per heavy atom. The molecule has 1 nitrogen and oxygen atoms in total. The van der Waals surface area contributed by atoms with Crippen molar-refractivity contribution >= 4 is 64.5 Å². The van der Waals surface area contributed by atoms with Crippen molar-refractivity contribution in [2.24, 2.45) is 5.41 Å². The number of nitrogens with zero attached hydrogens (tertiary/aromatic N) is 1. The summed E-state index contributed by atoms with van der Waals surface area (Å²) in [6.45, 7) is 10.5. The summed E-state index contributed by atoms with van der Waals surface area (Å²) < 4.78 is 5.31. The van der Waals surface area contributed by atoms with Crippen LogP contribution in [0.2, 0.25) is 0 Å². The van der Waals surface area contributed by atoms with Crippen LogP contribution in [0.4, 0.5) is 0 Å². The number of fused-ring (bicyclic) bond motifs is 11. The molecule has 304 valence electrons. The van der Waals surface area contributed by atoms with Gasteiger partial charge in [-0.15, -0.1) is 11.3 Å². The third-order valence-electron chi connectivity index (χ3n) is 14.7. The van der Waals surface area contributed by atoms with E-state index in [2.05, 4.69) is 190 Å². The van der Waals surface area contributed by atoms with Crippen LogP contribution in [0.3, 0.4) is 0 Å². The summed E-state index contributed by atoms with van der Waals surface area (Å²) >= 11 is 1.90. The number of hydrogen-bond donors (Lipinski definition) is 0. The molecule has 2 heteroatoms. The molecule has 0 saturated carbocycles. The lowest BCUT2D eigenvalue weighted by Gasteiger charge is -2.35. The number of rotatable bonds is 7. The third kappa shape index (κ3) is 6.24. The summed E-state index contributed by atoms with van der Waals surface area (Å²) in [5.74, 6) is 1.25. The van der Waals surface area contributed by atoms with E-state index in [-0.39, 0.29) is 5.41 Å². The monoisotopic (exact) mass is 819 g/mol. The zero-order valence-corrected chi connectivity index (χ0v) is 37.2. The maximum absolute atomic E-state index is 2.57. The number of thiophene rings is 1. The average molecular weight is 820 g/mol. The maximum atomic E-state index is 2.57. The highest BCUT2D eigenvalue weighted by molar-refractivity contribution is 7.25. The van der Waals surface area contributed by atoms with Crippen molar-refractivity contribution in [3.05, 3.63) is 202 Å². The van der Waals surface area contributed by atoms with Gasteiger partial charge in [0.2, 0.25) is 0 Å². The summed E-state index contributed by atoms with van der Waals surface area (Å²) in [5, 5.41) is 5.54. The number of hydrogen-bond acceptors (Lipinski definition) is 1. The predicted octanol–water partition coefficient (Wildman–Crippen LogP) is 16.9. The fourth-order valence-corrected chi connectivity index (χ4v) is 12.7. The highest BCUT2D eigenvalue weighted by Crippen LogP contribution is 2.52. The van der Waals surface area contributed by atoms with E-state index in [0.717, 1.165) is 38.6 Å². The van der Waals surface area contributed by atoms with Crippen molar-refractivity contribution in [2.75, 3.05) is 0 Å². The van der Waals surface area contributed by atoms with Crippen LogP contribution in [0, 0.1) is 5.41 Å². The molecule has 3 atom stereocenters. The summed E-state index contributed by atoms with van der Waals surface area (Å²) in [6, 6.07) is 58.3. The van der Waals surface area contributed by atoms with Gasteiger partial charge in [-0.3, -0.25) is 0 Å². The van der Waals surface area contributed by atoms with Gasteiger partial charge in [-0.1, -0.05) is 149 Å². The van der Waals surface area contributed by atoms with Crippen LogP contribution in [-0.2, 0) is 13.0 Å². The van der Waals surface area contributed by atoms with Crippen LogP contribution in [0.1, 0.15) is 110 Å². The molecule has 0 aliphatic heterocycles. The smallest absolute Gasteiger partial charge is 0.0491 e. The maximum Gasteiger partial charge on any atom is 0.0491 e. The largest absolute Gasteiger partial charge is 0.340 e. The average Bonchev–Trinajstić information content (AvgIpc) is 3.94. The lowest BCUT2D eigenvalue weighted by Crippen LogP contribution is -2.18. The van der Waals surface area contributed by atoms with Crippen molar-refractivity contribution in [3.8, 4) is 11.1 Å². The van der Waals surface area contributed by atoms with Crippen LogP contribution < -0.4 is 0 Å². The molecule has 0 amide bonds. The van der Waals surface area contributed by atoms with Crippen molar-refractivity contribution in [2.45, 2.75) is 84.1 Å². The van der Waals surface area contributed by atoms with E-state index in [4.69, 9.17) is 0 Å². The topological polar surface area (TPSA) is 4.93 Å². The highest BCUT2D eigenvalue weighted by atomic mass is 32.1. The van der Waals surface area contributed by atoms with Gasteiger partial charge in [0.15, 0.2) is 0 Å². The molecule has 3 aliphatic rings. The quantitative estimate of drug-likeness (QED) is 0.151. The first-order valence-corrected chi connectivity index (χ1v) is 23.7. The third-order valence-corrected chi connectivity index (χ3v) is 15.8. The zero-order chi connectivity index (χ0) is 41.7. The molecular formula is C60H53NS. The van der Waals surface area contributed by atoms with E-state index in [1.807, 2.05) is 11.3 Å². The summed E-state index contributed by atoms with van der Waals surface area (Å²) in [6.07, 6.45) is 8.08. The first-order chi connectivity index (χ1) is 30.3. The van der Waals surface area contributed by atoms with Crippen molar-refractivity contribution in [1.29, 1.82) is 0 Å². The minimum absolute atomic E-state index is 0.193. The lowest BCUT2D eigenvalue weighted by atomic mass is 9.69. The normalized spacial score (nSPS) is 17.6. The Bertz CT molecular complexity index is 3320. The molecule has 0 fully saturated rings. The fraction of sp³-hybridized carbons (Fsp3) is 0.233. The number of benzene rings is 7. The van der Waals surface area contributed by atoms with Crippen LogP contribution in [-0.4, -0.2) is 4.57 Å². The van der Waals surface area contributed by atoms with Crippen molar-refractivity contribution in [1.82, 2.24) is 4.57 Å². The van der Waals surface area contributed by atoms with Crippen LogP contribution in [0.5, 0.6) is 0 Å². The predicted molar refractivity (Wildman–Crippen MR) is 267 cm³/mol. The number of allylic oxidation sites excluding steroid dienone is 4. The van der Waals surface area contributed by atoms with Gasteiger partial charge in [0, 0.05) is 54.4 Å². The van der Waals surface area contributed by atoms with E-state index in [0.29, 0.717) is 17.8 Å². The minimum atomic E-state index is 0.193. The van der Waals surface area contributed by atoms with E-state index in [1.54, 1.807) is 5.57 Å². The van der Waals surface area contributed by atoms with E-state index in [1.165, 1.54) is 103 Å². The molecule has 2 aromatic heterocycles. The summed E-state index contributed by atoms with van der Waals surface area (Å²) in [5.41, 5.74) is 20.5. The van der Waals surface area contributed by atoms with Gasteiger partial charge in [-0.05, 0) is 153 Å². The van der Waals surface area contributed by atoms with E-state index < -0.39 is 0 Å². The Labute approximate surface area is 370 Å². The van der Waals surface area contributed by atoms with Crippen molar-refractivity contribution in [3.63, 3.8) is 0 Å². The molecule has 0 N–H and O–H groups in total. The van der Waals surface area contributed by atoms with Gasteiger partial charge in [0.05, 0.1) is 0 Å². The molecule has 7 aromatic carbocycles. The van der Waals surface area contributed by atoms with E-state index >= 15 is 0 Å². The minimum Gasteiger partial charge on any atom is -0.340 e. The lowest BCUT2D eigenvalue weighted by molar-refractivity contribution is 0.354. The Balaban J connectivity index is 0.842. The van der Waals surface area contributed by atoms with Crippen molar-refractivity contribution < 1.29 is 0 Å². The Hall–Kier alpha value is -5.96. The molecule has 62 heavy (non-hydrogen) atoms. The van der Waals surface area contributed by atoms with Gasteiger partial charge in [0.1, 0.15) is 0 Å². The Morgan fingerprint density at radius 1 is 0.613 bits per heavy atom. The number of aromatic nitrogens is 1. The van der Waals surface area contributed by atoms with Gasteiger partial charge >= 0.3 is 0 Å². The second-order valence-electron chi connectivity index (χ2n) is 19.7. The molecule has 9 aromatic rings. The number of para-hydroxylation sites is 1. The summed E-state index contributed by atoms with van der Waals surface area (Å²) in [7, 11) is 0. The first-order valence-electron chi connectivity index (χ1n) is 22.9. The molecular weight excluding hydrogens is 767 g/mol. The number of aryl methyl sites for hydroxylation is 1. The zero-order valence-electron chi connectivity index (χ0n) is 36.3. The van der Waals surface area contributed by atoms with Gasteiger partial charge < -0.3 is 4.57 Å². The van der Waals surface area contributed by atoms with Gasteiger partial charge in [-0.2, -0.15) is 0 Å². The van der Waals surface area contributed by atoms with Crippen LogP contribution in [0.15, 0.2) is 163 Å². The standard InChI is InChI=1S/C60H53NS/c1-37(39-26-29-57-54(32-39)49-17-9-11-19-56(49)61(57)36-60(2,3)4)51-35-42-24-23-40(33-52(42)45-15-7-6-14-44(45)51)41-25-28-48-47(43-13-5-8-16-46(43)53(48)34-41)27-21-38-22-30-59-55(31-38)50-18-10-12-20-58(50)62-59/h5-20,22,25-26,28-34,37,47,51H,21,23-24,27,35-36H2,1-4H3. The molecule has 0 saturated heterocycles.